The number of benzene rings is 1. The molecule has 0 aliphatic carbocycles. The van der Waals surface area contributed by atoms with E-state index >= 15 is 0 Å². The zero-order valence-electron chi connectivity index (χ0n) is 6.39. The number of carbonyl (C=O) groups excluding carboxylic acids is 1. The first-order chi connectivity index (χ1) is 5.68. The lowest BCUT2D eigenvalue weighted by molar-refractivity contribution is -0.129. The van der Waals surface area contributed by atoms with Crippen LogP contribution in [0.1, 0.15) is 12.0 Å². The maximum atomic E-state index is 11.8. The maximum absolute atomic E-state index is 11.8. The van der Waals surface area contributed by atoms with Gasteiger partial charge < -0.3 is 0 Å². The van der Waals surface area contributed by atoms with Crippen LogP contribution in [0.15, 0.2) is 28.7 Å². The molecule has 0 saturated carbocycles. The lowest BCUT2D eigenvalue weighted by Crippen LogP contribution is -1.91. The van der Waals surface area contributed by atoms with Gasteiger partial charge >= 0.3 is 6.04 Å². The lowest BCUT2D eigenvalue weighted by Gasteiger charge is -1.96. The van der Waals surface area contributed by atoms with Crippen LogP contribution in [0.5, 0.6) is 0 Å². The van der Waals surface area contributed by atoms with Gasteiger partial charge in [0.05, 0.1) is 0 Å². The topological polar surface area (TPSA) is 17.1 Å². The van der Waals surface area contributed by atoms with Gasteiger partial charge in [-0.2, -0.15) is 4.39 Å². The Hall–Kier alpha value is -0.700. The van der Waals surface area contributed by atoms with E-state index in [0.717, 1.165) is 10.0 Å². The van der Waals surface area contributed by atoms with Crippen molar-refractivity contribution < 1.29 is 9.18 Å². The van der Waals surface area contributed by atoms with Crippen molar-refractivity contribution in [2.24, 2.45) is 0 Å². The molecule has 0 spiro atoms. The minimum Gasteiger partial charge on any atom is -0.261 e. The van der Waals surface area contributed by atoms with Crippen LogP contribution in [0.3, 0.4) is 0 Å². The fourth-order valence-corrected chi connectivity index (χ4v) is 1.16. The Morgan fingerprint density at radius 2 is 1.92 bits per heavy atom. The largest absolute Gasteiger partial charge is 0.301 e. The van der Waals surface area contributed by atoms with Crippen molar-refractivity contribution in [1.82, 2.24) is 0 Å². The van der Waals surface area contributed by atoms with Crippen LogP contribution in [0.2, 0.25) is 0 Å². The molecule has 0 aliphatic heterocycles. The van der Waals surface area contributed by atoms with E-state index in [4.69, 9.17) is 0 Å². The molecule has 1 aromatic rings. The summed E-state index contributed by atoms with van der Waals surface area (Å²) in [4.78, 5) is 10.0. The second-order valence-corrected chi connectivity index (χ2v) is 3.40. The molecular weight excluding hydrogens is 223 g/mol. The molecule has 64 valence electrons. The fraction of sp³-hybridized carbons (Fsp3) is 0.222. The number of hydrogen-bond acceptors (Lipinski definition) is 1. The first kappa shape index (κ1) is 9.39. The van der Waals surface area contributed by atoms with E-state index in [1.54, 1.807) is 0 Å². The maximum Gasteiger partial charge on any atom is 0.301 e. The summed E-state index contributed by atoms with van der Waals surface area (Å²) in [6.45, 7) is 0. The van der Waals surface area contributed by atoms with Crippen LogP contribution in [-0.4, -0.2) is 6.04 Å². The summed E-state index contributed by atoms with van der Waals surface area (Å²) in [5.74, 6) is 0. The van der Waals surface area contributed by atoms with Crippen molar-refractivity contribution in [3.63, 3.8) is 0 Å². The molecule has 0 fully saturated rings. The molecule has 1 aromatic carbocycles. The number of carbonyl (C=O) groups is 1. The second kappa shape index (κ2) is 4.36. The third kappa shape index (κ3) is 3.13. The van der Waals surface area contributed by atoms with Crippen LogP contribution in [0.4, 0.5) is 4.39 Å². The quantitative estimate of drug-likeness (QED) is 0.731. The van der Waals surface area contributed by atoms with Gasteiger partial charge in [0.1, 0.15) is 0 Å². The van der Waals surface area contributed by atoms with Gasteiger partial charge in [-0.1, -0.05) is 28.1 Å². The molecule has 0 radical (unpaired) electrons. The number of aryl methyl sites for hydroxylation is 1. The first-order valence-electron chi connectivity index (χ1n) is 3.61. The average Bonchev–Trinajstić information content (AvgIpc) is 2.03. The molecule has 0 bridgehead atoms. The summed E-state index contributed by atoms with van der Waals surface area (Å²) >= 11 is 3.28. The zero-order chi connectivity index (χ0) is 8.97. The van der Waals surface area contributed by atoms with E-state index in [2.05, 4.69) is 15.9 Å². The summed E-state index contributed by atoms with van der Waals surface area (Å²) in [5.41, 5.74) is 0.976. The predicted molar refractivity (Wildman–Crippen MR) is 48.6 cm³/mol. The number of hydrogen-bond donors (Lipinski definition) is 0. The Labute approximate surface area is 78.7 Å². The third-order valence-corrected chi connectivity index (χ3v) is 2.05. The van der Waals surface area contributed by atoms with Gasteiger partial charge in [0.15, 0.2) is 0 Å². The van der Waals surface area contributed by atoms with Crippen molar-refractivity contribution >= 4 is 22.0 Å². The average molecular weight is 231 g/mol. The molecule has 1 rings (SSSR count). The van der Waals surface area contributed by atoms with Gasteiger partial charge in [0.2, 0.25) is 0 Å². The second-order valence-electron chi connectivity index (χ2n) is 2.48. The van der Waals surface area contributed by atoms with Crippen molar-refractivity contribution in [3.8, 4) is 0 Å². The Bertz CT molecular complexity index is 268. The Morgan fingerprint density at radius 3 is 2.42 bits per heavy atom. The zero-order valence-corrected chi connectivity index (χ0v) is 7.97. The number of rotatable bonds is 3. The molecule has 1 nitrogen and oxygen atoms in total. The summed E-state index contributed by atoms with van der Waals surface area (Å²) in [5, 5.41) is 0. The van der Waals surface area contributed by atoms with Crippen molar-refractivity contribution in [1.29, 1.82) is 0 Å². The minimum atomic E-state index is -1.25. The van der Waals surface area contributed by atoms with E-state index in [1.807, 2.05) is 24.3 Å². The van der Waals surface area contributed by atoms with Gasteiger partial charge in [0, 0.05) is 10.9 Å². The Morgan fingerprint density at radius 1 is 1.33 bits per heavy atom. The molecule has 0 atom stereocenters. The highest BCUT2D eigenvalue weighted by atomic mass is 79.9. The Kier molecular flexibility index (Phi) is 3.41. The molecule has 0 heterocycles. The van der Waals surface area contributed by atoms with Crippen LogP contribution >= 0.6 is 15.9 Å². The van der Waals surface area contributed by atoms with Crippen LogP contribution < -0.4 is 0 Å². The molecule has 3 heteroatoms. The highest BCUT2D eigenvalue weighted by Gasteiger charge is 1.98. The third-order valence-electron chi connectivity index (χ3n) is 1.52. The molecule has 0 N–H and O–H groups in total. The van der Waals surface area contributed by atoms with E-state index < -0.39 is 6.04 Å². The van der Waals surface area contributed by atoms with Crippen LogP contribution in [0.25, 0.3) is 0 Å². The summed E-state index contributed by atoms with van der Waals surface area (Å²) < 4.78 is 12.8. The van der Waals surface area contributed by atoms with E-state index in [9.17, 15) is 9.18 Å². The summed E-state index contributed by atoms with van der Waals surface area (Å²) in [6.07, 6.45) is 0.449. The predicted octanol–water partition coefficient (Wildman–Crippen LogP) is 2.88. The van der Waals surface area contributed by atoms with Gasteiger partial charge in [-0.05, 0) is 24.1 Å². The fourth-order valence-electron chi connectivity index (χ4n) is 0.894. The monoisotopic (exact) mass is 230 g/mol. The molecule has 12 heavy (non-hydrogen) atoms. The lowest BCUT2D eigenvalue weighted by atomic mass is 10.1. The van der Waals surface area contributed by atoms with E-state index in [1.165, 1.54) is 0 Å². The van der Waals surface area contributed by atoms with Gasteiger partial charge in [-0.15, -0.1) is 0 Å². The molecular formula is C9H8BrFO. The molecule has 0 amide bonds. The van der Waals surface area contributed by atoms with Crippen molar-refractivity contribution in [2.75, 3.05) is 0 Å². The van der Waals surface area contributed by atoms with E-state index in [-0.39, 0.29) is 6.42 Å². The standard InChI is InChI=1S/C9H8BrFO/c10-8-4-1-7(2-5-8)3-6-9(11)12/h1-2,4-5H,3,6H2. The van der Waals surface area contributed by atoms with Crippen molar-refractivity contribution in [3.05, 3.63) is 34.3 Å². The minimum absolute atomic E-state index is 0.0262. The molecule has 0 aromatic heterocycles. The van der Waals surface area contributed by atoms with Gasteiger partial charge in [0.25, 0.3) is 0 Å². The van der Waals surface area contributed by atoms with Gasteiger partial charge in [-0.25, -0.2) is 0 Å². The molecule has 0 unspecified atom stereocenters. The van der Waals surface area contributed by atoms with Crippen molar-refractivity contribution in [2.45, 2.75) is 12.8 Å². The number of halogens is 2. The van der Waals surface area contributed by atoms with E-state index in [0.29, 0.717) is 6.42 Å². The molecule has 0 aliphatic rings. The highest BCUT2D eigenvalue weighted by molar-refractivity contribution is 9.10. The highest BCUT2D eigenvalue weighted by Crippen LogP contribution is 2.11. The summed E-state index contributed by atoms with van der Waals surface area (Å²) in [6, 6.07) is 6.23. The smallest absolute Gasteiger partial charge is 0.261 e. The SMILES string of the molecule is O=C(F)CCc1ccc(Br)cc1. The summed E-state index contributed by atoms with van der Waals surface area (Å²) in [7, 11) is 0. The van der Waals surface area contributed by atoms with Crippen LogP contribution in [-0.2, 0) is 11.2 Å². The normalized spacial score (nSPS) is 9.83. The molecule has 0 saturated heterocycles. The first-order valence-corrected chi connectivity index (χ1v) is 4.40. The van der Waals surface area contributed by atoms with Gasteiger partial charge in [-0.3, -0.25) is 4.79 Å². The van der Waals surface area contributed by atoms with Crippen LogP contribution in [0, 0.1) is 0 Å². The Balaban J connectivity index is 2.53.